The van der Waals surface area contributed by atoms with E-state index in [4.69, 9.17) is 153 Å². The molecule has 6 unspecified atom stereocenters. The maximum absolute atomic E-state index is 13.5. The fourth-order valence-electron chi connectivity index (χ4n) is 16.6. The number of aryl methyl sites for hydroxylation is 6. The van der Waals surface area contributed by atoms with Crippen LogP contribution in [0.5, 0.6) is 69.0 Å². The molecule has 18 rings (SSSR count). The Hall–Kier alpha value is -9.54. The number of hydrogen-bond donors (Lipinski definition) is 6. The van der Waals surface area contributed by atoms with Gasteiger partial charge in [-0.05, 0) is 299 Å². The summed E-state index contributed by atoms with van der Waals surface area (Å²) in [4.78, 5) is 83.5. The van der Waals surface area contributed by atoms with Gasteiger partial charge in [0, 0.05) is 284 Å². The van der Waals surface area contributed by atoms with E-state index in [1.54, 1.807) is 0 Å². The Morgan fingerprint density at radius 2 is 0.438 bits per heavy atom. The van der Waals surface area contributed by atoms with Crippen LogP contribution in [0.3, 0.4) is 0 Å². The number of Topliss-reactive ketones (excluding diaryl/α,β-unsaturated/α-hetero) is 6. The standard InChI is InChI=1S/6C19H27NO4/c6*1-19(2,22)10-13-11-20-6-5-12-7-17(23-3)18(24-4)8-14(12)15(20)9-16(13)21/h6*7-8,13,15,22H,5-6,9-11H2,1-4H3/t6*13-,15-/m000000/s1/i4*1D3,5D2,6D2,9D2,10D2,13D;2*1D3,5D2,6D2,10D2,11D2/t6*13-,15-,19?. The second-order valence-corrected chi connectivity index (χ2v) is 34.6. The van der Waals surface area contributed by atoms with Crippen molar-refractivity contribution in [1.29, 1.82) is 0 Å². The van der Waals surface area contributed by atoms with Crippen molar-refractivity contribution in [1.82, 2.24) is 29.4 Å². The lowest BCUT2D eigenvalue weighted by Gasteiger charge is -2.44. The zero-order valence-electron chi connectivity index (χ0n) is 152. The molecule has 6 N–H and O–H groups in total. The van der Waals surface area contributed by atoms with E-state index >= 15 is 0 Å². The van der Waals surface area contributed by atoms with Gasteiger partial charge >= 0.3 is 0 Å². The van der Waals surface area contributed by atoms with Crippen molar-refractivity contribution in [3.63, 3.8) is 0 Å². The summed E-state index contributed by atoms with van der Waals surface area (Å²) in [6, 6.07) is 4.21. The highest BCUT2D eigenvalue weighted by Gasteiger charge is 2.48. The van der Waals surface area contributed by atoms with Crippen LogP contribution in [0.2, 0.25) is 0 Å². The van der Waals surface area contributed by atoms with Gasteiger partial charge in [-0.3, -0.25) is 58.2 Å². The fourth-order valence-corrected chi connectivity index (χ4v) is 16.6. The van der Waals surface area contributed by atoms with E-state index in [-0.39, 0.29) is 136 Å². The topological polar surface area (TPSA) is 354 Å². The number of carbonyl (C=O) groups is 6. The van der Waals surface area contributed by atoms with Crippen LogP contribution in [0.4, 0.5) is 0 Å². The van der Waals surface area contributed by atoms with Gasteiger partial charge in [-0.25, -0.2) is 0 Å². The minimum atomic E-state index is -3.62. The number of methoxy groups -OCH3 is 12. The summed E-state index contributed by atoms with van der Waals surface area (Å²) in [5.41, 5.74) is -22.0. The number of ketones is 6. The molecule has 0 amide bonds. The average Bonchev–Trinajstić information content (AvgIpc) is 0.663. The number of benzene rings is 6. The largest absolute Gasteiger partial charge is 0.493 e. The molecule has 12 heterocycles. The van der Waals surface area contributed by atoms with Crippen molar-refractivity contribution in [3.05, 3.63) is 140 Å². The lowest BCUT2D eigenvalue weighted by Crippen LogP contribution is -2.47. The molecule has 0 aliphatic carbocycles. The number of piperidine rings is 6. The molecule has 30 nitrogen and oxygen atoms in total. The van der Waals surface area contributed by atoms with Crippen LogP contribution in [0, 0.1) is 35.4 Å². The molecule has 0 spiro atoms. The zero-order valence-corrected chi connectivity index (χ0v) is 81.5. The van der Waals surface area contributed by atoms with E-state index in [1.807, 2.05) is 0 Å². The molecule has 6 fully saturated rings. The SMILES string of the molecule is [2H]C1([2H])C(=O)[C@@]([2H])(C([2H])([2H])C(C)(O)C([2H])([2H])[2H])CN2[C@@H]1c1cc(OC)c(OC)cc1C([2H])([2H])C2([2H])[2H].[2H]C1([2H])C(=O)[C@@]([2H])(C([2H])([2H])C(C)(O)C([2H])([2H])[2H])CN2[C@@H]1c1cc(OC)c(OC)cc1C([2H])([2H])C2([2H])[2H].[2H]C1([2H])C(=O)[C@@]([2H])(C([2H])([2H])C(C)(O)C([2H])([2H])[2H])CN2[C@@H]1c1cc(OC)c(OC)cc1C([2H])([2H])C2([2H])[2H].[2H]C1([2H])C(=O)[C@@]([2H])(C([2H])([2H])C(C)(O)C([2H])([2H])[2H])CN2[C@@H]1c1cc(OC)c(OC)cc1C([2H])([2H])C2([2H])[2H].[2H]C1([2H])[C@H](C([2H])([2H])C(C)(O)C([2H])([2H])[2H])C(=O)C[C@H]2c3cc(OC)c(OC)cc3C([2H])([2H])C([2H])([2H])N21.[2H]C1([2H])[C@H](C([2H])([2H])C(C)(O)C([2H])([2H])[2H])C(=O)C[C@H]2c3cc(OC)c(OC)cc3C([2H])([2H])C([2H])([2H])N21. The van der Waals surface area contributed by atoms with Crippen molar-refractivity contribution < 1.29 is 212 Å². The molecule has 0 bridgehead atoms. The van der Waals surface area contributed by atoms with Gasteiger partial charge in [0.25, 0.3) is 0 Å². The molecule has 144 heavy (non-hydrogen) atoms. The number of carbonyl (C=O) groups excluding carboxylic acids is 6. The van der Waals surface area contributed by atoms with Gasteiger partial charge in [-0.2, -0.15) is 0 Å². The first-order chi connectivity index (χ1) is 95.2. The van der Waals surface area contributed by atoms with Crippen LogP contribution in [0.25, 0.3) is 0 Å². The second-order valence-electron chi connectivity index (χ2n) is 34.6. The van der Waals surface area contributed by atoms with E-state index in [2.05, 4.69) is 0 Å². The molecule has 792 valence electrons. The summed E-state index contributed by atoms with van der Waals surface area (Å²) in [7, 11) is 15.3. The molecule has 6 aromatic carbocycles. The summed E-state index contributed by atoms with van der Waals surface area (Å²) >= 11 is 0. The van der Waals surface area contributed by atoms with Gasteiger partial charge < -0.3 is 87.5 Å². The molecule has 6 aromatic rings. The highest BCUT2D eigenvalue weighted by Crippen LogP contribution is 2.52. The molecule has 0 saturated carbocycles. The lowest BCUT2D eigenvalue weighted by molar-refractivity contribution is -0.132. The third-order valence-corrected chi connectivity index (χ3v) is 22.9. The summed E-state index contributed by atoms with van der Waals surface area (Å²) in [6.07, 6.45) is -52.8. The van der Waals surface area contributed by atoms with E-state index in [0.717, 1.165) is 24.3 Å². The molecule has 12 aliphatic rings. The Morgan fingerprint density at radius 1 is 0.271 bits per heavy atom. The quantitative estimate of drug-likeness (QED) is 0.0328. The maximum atomic E-state index is 13.5. The molecule has 12 aliphatic heterocycles. The fraction of sp³-hybridized carbons (Fsp3) is 0.632. The molecule has 30 heteroatoms. The van der Waals surface area contributed by atoms with Gasteiger partial charge in [0.1, 0.15) is 34.7 Å². The maximum Gasteiger partial charge on any atom is 0.161 e. The van der Waals surface area contributed by atoms with Gasteiger partial charge in [0.05, 0.1) is 119 Å². The highest BCUT2D eigenvalue weighted by atomic mass is 16.5. The predicted molar refractivity (Wildman–Crippen MR) is 550 cm³/mol. The zero-order chi connectivity index (χ0) is 167. The minimum absolute atomic E-state index is 0.0203. The highest BCUT2D eigenvalue weighted by molar-refractivity contribution is 5.87. The first-order valence-electron chi connectivity index (χ1n) is 79.0. The van der Waals surface area contributed by atoms with E-state index in [0.29, 0.717) is 70.9 Å². The second kappa shape index (κ2) is 46.5. The Balaban J connectivity index is 0.000000205. The Bertz CT molecular complexity index is 8180. The third-order valence-electron chi connectivity index (χ3n) is 22.9. The monoisotopic (exact) mass is 2070 g/mol. The summed E-state index contributed by atoms with van der Waals surface area (Å²) < 4.78 is 644. The summed E-state index contributed by atoms with van der Waals surface area (Å²) in [5, 5.41) is 63.8. The molecule has 0 radical (unpaired) electrons. The van der Waals surface area contributed by atoms with E-state index in [9.17, 15) is 59.4 Å². The Labute approximate surface area is 950 Å². The summed E-state index contributed by atoms with van der Waals surface area (Å²) in [5.74, 6) is -26.7. The molecule has 0 aromatic heterocycles. The van der Waals surface area contributed by atoms with Crippen LogP contribution in [-0.2, 0) is 67.0 Å². The van der Waals surface area contributed by atoms with Crippen molar-refractivity contribution in [2.75, 3.05) is 163 Å². The van der Waals surface area contributed by atoms with Gasteiger partial charge in [0.15, 0.2) is 69.0 Å². The molecular weight excluding hydrogens is 1840 g/mol. The third kappa shape index (κ3) is 27.1. The number of fused-ring (bicyclic) bond motifs is 18. The first kappa shape index (κ1) is 51.1. The summed E-state index contributed by atoms with van der Waals surface area (Å²) in [6.45, 7) is -47.2. The van der Waals surface area contributed by atoms with Gasteiger partial charge in [-0.15, -0.1) is 0 Å². The van der Waals surface area contributed by atoms with E-state index < -0.39 is 374 Å². The number of ether oxygens (including phenoxy) is 12. The van der Waals surface area contributed by atoms with E-state index in [1.165, 1.54) is 134 Å². The van der Waals surface area contributed by atoms with Gasteiger partial charge in [0.2, 0.25) is 0 Å². The van der Waals surface area contributed by atoms with Crippen LogP contribution >= 0.6 is 0 Å². The lowest BCUT2D eigenvalue weighted by atomic mass is 9.79. The van der Waals surface area contributed by atoms with Crippen molar-refractivity contribution in [2.24, 2.45) is 35.4 Å². The number of nitrogens with zero attached hydrogens (tertiary/aromatic N) is 6. The number of rotatable bonds is 24. The predicted octanol–water partition coefficient (Wildman–Crippen LogP) is 14.1. The Kier molecular flexibility index (Phi) is 16.5. The first-order valence-corrected chi connectivity index (χ1v) is 44.0. The molecule has 18 atom stereocenters. The van der Waals surface area contributed by atoms with Crippen molar-refractivity contribution in [2.45, 2.75) is 267 Å². The van der Waals surface area contributed by atoms with Crippen LogP contribution in [0.15, 0.2) is 72.8 Å². The number of hydrogen-bond acceptors (Lipinski definition) is 30. The van der Waals surface area contributed by atoms with Crippen LogP contribution in [-0.4, -0.2) is 292 Å². The van der Waals surface area contributed by atoms with Crippen LogP contribution in [0.1, 0.15) is 358 Å². The molecular formula is C114H162N6O24. The average molecular weight is 2070 g/mol. The minimum Gasteiger partial charge on any atom is -0.493 e. The van der Waals surface area contributed by atoms with Crippen LogP contribution < -0.4 is 56.8 Å². The normalized spacial score (nSPS) is 42.9. The molecule has 6 saturated heterocycles. The van der Waals surface area contributed by atoms with Crippen molar-refractivity contribution >= 4 is 34.7 Å². The Morgan fingerprint density at radius 3 is 0.618 bits per heavy atom. The smallest absolute Gasteiger partial charge is 0.161 e. The van der Waals surface area contributed by atoms with Gasteiger partial charge in [-0.1, -0.05) is 0 Å². The number of aliphatic hydroxyl groups is 6. The van der Waals surface area contributed by atoms with Crippen molar-refractivity contribution in [3.8, 4) is 69.0 Å².